The monoisotopic (exact) mass is 290 g/mol. The number of carbonyl (C=O) groups excluding carboxylic acids is 1. The molecule has 3 aliphatic rings. The van der Waals surface area contributed by atoms with Crippen molar-refractivity contribution in [3.8, 4) is 0 Å². The van der Waals surface area contributed by atoms with E-state index in [1.54, 1.807) is 0 Å². The molecule has 0 N–H and O–H groups in total. The van der Waals surface area contributed by atoms with Gasteiger partial charge in [0.05, 0.1) is 0 Å². The molecule has 5 rings (SSSR count). The minimum Gasteiger partial charge on any atom is -0.345 e. The molecular formula is C19H18N2O. The molecule has 0 radical (unpaired) electrons. The predicted octanol–water partition coefficient (Wildman–Crippen LogP) is 3.10. The first-order valence-corrected chi connectivity index (χ1v) is 8.16. The Morgan fingerprint density at radius 3 is 2.36 bits per heavy atom. The van der Waals surface area contributed by atoms with E-state index in [1.165, 1.54) is 28.3 Å². The van der Waals surface area contributed by atoms with Crippen molar-refractivity contribution >= 4 is 22.5 Å². The molecule has 2 heterocycles. The smallest absolute Gasteiger partial charge is 0.273 e. The van der Waals surface area contributed by atoms with Crippen molar-refractivity contribution in [3.63, 3.8) is 0 Å². The summed E-state index contributed by atoms with van der Waals surface area (Å²) in [6.07, 6.45) is 4.94. The second kappa shape index (κ2) is 4.19. The van der Waals surface area contributed by atoms with Crippen LogP contribution in [-0.4, -0.2) is 28.7 Å². The zero-order valence-corrected chi connectivity index (χ0v) is 12.5. The summed E-state index contributed by atoms with van der Waals surface area (Å²) in [6, 6.07) is 13.0. The zero-order valence-electron chi connectivity index (χ0n) is 12.5. The Hall–Kier alpha value is -2.16. The molecule has 1 amide bonds. The Kier molecular flexibility index (Phi) is 2.36. The molecule has 0 bridgehead atoms. The van der Waals surface area contributed by atoms with E-state index in [-0.39, 0.29) is 5.91 Å². The molecular weight excluding hydrogens is 272 g/mol. The first kappa shape index (κ1) is 12.4. The lowest BCUT2D eigenvalue weighted by Gasteiger charge is -2.37. The molecule has 110 valence electrons. The summed E-state index contributed by atoms with van der Waals surface area (Å²) in [5.41, 5.74) is 2.25. The van der Waals surface area contributed by atoms with Crippen LogP contribution in [0.5, 0.6) is 0 Å². The molecule has 3 nitrogen and oxygen atoms in total. The summed E-state index contributed by atoms with van der Waals surface area (Å²) in [5.74, 6) is 1.12. The van der Waals surface area contributed by atoms with E-state index in [1.807, 2.05) is 0 Å². The number of carbonyl (C=O) groups is 1. The van der Waals surface area contributed by atoms with Crippen LogP contribution >= 0.6 is 0 Å². The van der Waals surface area contributed by atoms with Gasteiger partial charge in [-0.2, -0.15) is 4.99 Å². The van der Waals surface area contributed by atoms with Gasteiger partial charge in [-0.05, 0) is 34.7 Å². The van der Waals surface area contributed by atoms with Crippen molar-refractivity contribution in [3.05, 3.63) is 47.5 Å². The summed E-state index contributed by atoms with van der Waals surface area (Å²) in [5, 5.41) is 2.53. The third kappa shape index (κ3) is 1.51. The number of piperidine rings is 1. The molecule has 2 aliphatic heterocycles. The predicted molar refractivity (Wildman–Crippen MR) is 87.1 cm³/mol. The number of rotatable bonds is 0. The average molecular weight is 290 g/mol. The zero-order chi connectivity index (χ0) is 14.7. The molecule has 1 saturated heterocycles. The van der Waals surface area contributed by atoms with Crippen LogP contribution in [0.15, 0.2) is 41.4 Å². The van der Waals surface area contributed by atoms with Crippen LogP contribution in [0, 0.1) is 0 Å². The standard InChI is InChI=1S/C19H18N2O/c22-18-19(21-8-4-3-7-17(21)20-18)11-15-9-13-5-1-2-6-14(13)10-16(15)12-19/h1-2,5-6,9-10H,3-4,7-8,11-12H2. The van der Waals surface area contributed by atoms with Crippen LogP contribution < -0.4 is 0 Å². The molecule has 3 heteroatoms. The van der Waals surface area contributed by atoms with E-state index >= 15 is 0 Å². The lowest BCUT2D eigenvalue weighted by molar-refractivity contribution is -0.125. The van der Waals surface area contributed by atoms with E-state index in [0.717, 1.165) is 38.1 Å². The van der Waals surface area contributed by atoms with Gasteiger partial charge in [0.25, 0.3) is 5.91 Å². The van der Waals surface area contributed by atoms with Crippen molar-refractivity contribution in [2.24, 2.45) is 4.99 Å². The summed E-state index contributed by atoms with van der Waals surface area (Å²) < 4.78 is 0. The Labute approximate surface area is 129 Å². The number of amidine groups is 1. The Morgan fingerprint density at radius 2 is 1.68 bits per heavy atom. The molecule has 0 unspecified atom stereocenters. The fourth-order valence-corrected chi connectivity index (χ4v) is 4.43. The lowest BCUT2D eigenvalue weighted by Crippen LogP contribution is -2.53. The normalized spacial score (nSPS) is 22.1. The SMILES string of the molecule is O=C1N=C2CCCCN2C12Cc1cc3ccccc3cc1C2. The van der Waals surface area contributed by atoms with Crippen LogP contribution in [0.25, 0.3) is 10.8 Å². The van der Waals surface area contributed by atoms with Crippen molar-refractivity contribution < 1.29 is 4.79 Å². The van der Waals surface area contributed by atoms with Gasteiger partial charge in [-0.3, -0.25) is 4.79 Å². The first-order valence-electron chi connectivity index (χ1n) is 8.16. The van der Waals surface area contributed by atoms with Crippen LogP contribution in [0.1, 0.15) is 30.4 Å². The van der Waals surface area contributed by atoms with Crippen molar-refractivity contribution in [2.75, 3.05) is 6.54 Å². The number of amides is 1. The minimum absolute atomic E-state index is 0.0876. The van der Waals surface area contributed by atoms with Crippen LogP contribution in [0.2, 0.25) is 0 Å². The van der Waals surface area contributed by atoms with Crippen LogP contribution in [0.3, 0.4) is 0 Å². The van der Waals surface area contributed by atoms with Crippen molar-refractivity contribution in [1.82, 2.24) is 4.90 Å². The second-order valence-corrected chi connectivity index (χ2v) is 6.80. The van der Waals surface area contributed by atoms with E-state index in [4.69, 9.17) is 0 Å². The number of benzene rings is 2. The van der Waals surface area contributed by atoms with E-state index < -0.39 is 5.54 Å². The lowest BCUT2D eigenvalue weighted by atomic mass is 9.91. The molecule has 0 saturated carbocycles. The van der Waals surface area contributed by atoms with E-state index in [2.05, 4.69) is 46.3 Å². The van der Waals surface area contributed by atoms with Gasteiger partial charge in [-0.1, -0.05) is 36.4 Å². The van der Waals surface area contributed by atoms with Gasteiger partial charge in [0.2, 0.25) is 0 Å². The van der Waals surface area contributed by atoms with Gasteiger partial charge in [0.1, 0.15) is 11.4 Å². The third-order valence-electron chi connectivity index (χ3n) is 5.52. The highest BCUT2D eigenvalue weighted by Crippen LogP contribution is 2.42. The second-order valence-electron chi connectivity index (χ2n) is 6.80. The Bertz CT molecular complexity index is 792. The molecule has 22 heavy (non-hydrogen) atoms. The number of fused-ring (bicyclic) bond motifs is 4. The quantitative estimate of drug-likeness (QED) is 0.747. The first-order chi connectivity index (χ1) is 10.8. The molecule has 2 aromatic carbocycles. The third-order valence-corrected chi connectivity index (χ3v) is 5.52. The molecule has 0 aromatic heterocycles. The van der Waals surface area contributed by atoms with Gasteiger partial charge in [0.15, 0.2) is 0 Å². The molecule has 2 aromatic rings. The van der Waals surface area contributed by atoms with Crippen molar-refractivity contribution in [1.29, 1.82) is 0 Å². The highest BCUT2D eigenvalue weighted by Gasteiger charge is 2.53. The highest BCUT2D eigenvalue weighted by molar-refractivity contribution is 6.07. The fraction of sp³-hybridized carbons (Fsp3) is 0.368. The molecule has 1 aliphatic carbocycles. The van der Waals surface area contributed by atoms with E-state index in [9.17, 15) is 4.79 Å². The maximum absolute atomic E-state index is 12.7. The maximum atomic E-state index is 12.7. The number of hydrogen-bond acceptors (Lipinski definition) is 2. The summed E-state index contributed by atoms with van der Waals surface area (Å²) in [7, 11) is 0. The van der Waals surface area contributed by atoms with Gasteiger partial charge in [0, 0.05) is 25.8 Å². The Balaban J connectivity index is 1.61. The molecule has 0 atom stereocenters. The van der Waals surface area contributed by atoms with Gasteiger partial charge in [-0.15, -0.1) is 0 Å². The topological polar surface area (TPSA) is 32.7 Å². The minimum atomic E-state index is -0.407. The van der Waals surface area contributed by atoms with Gasteiger partial charge >= 0.3 is 0 Å². The number of nitrogens with zero attached hydrogens (tertiary/aromatic N) is 2. The molecule has 1 spiro atoms. The van der Waals surface area contributed by atoms with Gasteiger partial charge < -0.3 is 4.90 Å². The maximum Gasteiger partial charge on any atom is 0.273 e. The summed E-state index contributed by atoms with van der Waals surface area (Å²) in [4.78, 5) is 19.4. The largest absolute Gasteiger partial charge is 0.345 e. The van der Waals surface area contributed by atoms with Crippen LogP contribution in [0.4, 0.5) is 0 Å². The summed E-state index contributed by atoms with van der Waals surface area (Å²) >= 11 is 0. The number of hydrogen-bond donors (Lipinski definition) is 0. The fourth-order valence-electron chi connectivity index (χ4n) is 4.43. The number of aliphatic imine (C=N–C) groups is 1. The Morgan fingerprint density at radius 1 is 1.00 bits per heavy atom. The molecule has 1 fully saturated rings. The average Bonchev–Trinajstić information content (AvgIpc) is 3.04. The van der Waals surface area contributed by atoms with Crippen LogP contribution in [-0.2, 0) is 17.6 Å². The van der Waals surface area contributed by atoms with Gasteiger partial charge in [-0.25, -0.2) is 0 Å². The van der Waals surface area contributed by atoms with E-state index in [0.29, 0.717) is 0 Å². The van der Waals surface area contributed by atoms with Crippen molar-refractivity contribution in [2.45, 2.75) is 37.6 Å². The summed E-state index contributed by atoms with van der Waals surface area (Å²) in [6.45, 7) is 0.984. The highest BCUT2D eigenvalue weighted by atomic mass is 16.2.